The van der Waals surface area contributed by atoms with Crippen LogP contribution >= 0.6 is 12.2 Å². The number of thiocarbonyl (C=S) groups is 1. The number of aromatic nitrogens is 1. The summed E-state index contributed by atoms with van der Waals surface area (Å²) in [5.41, 5.74) is -2.05. The third-order valence-electron chi connectivity index (χ3n) is 7.95. The van der Waals surface area contributed by atoms with Crippen molar-refractivity contribution in [2.45, 2.75) is 77.9 Å². The molecule has 236 valence electrons. The SMILES string of the molecule is CCc1cc(N2C(=S)N(c3cnc(C#N)c(C(F)(F)F)c3)C(=O)C2(C)C)ccc1O[C@H](C)CN1C[C@@H](C)N(C(=O)O)[C@@H](C)C1. The average Bonchev–Trinajstić information content (AvgIpc) is 3.10. The zero-order chi connectivity index (χ0) is 32.7. The van der Waals surface area contributed by atoms with E-state index in [4.69, 9.17) is 22.2 Å². The first kappa shape index (κ1) is 32.9. The zero-order valence-electron chi connectivity index (χ0n) is 25.3. The summed E-state index contributed by atoms with van der Waals surface area (Å²) >= 11 is 5.65. The highest BCUT2D eigenvalue weighted by molar-refractivity contribution is 7.81. The molecule has 0 spiro atoms. The Morgan fingerprint density at radius 3 is 2.41 bits per heavy atom. The number of rotatable bonds is 7. The molecule has 1 aromatic carbocycles. The number of halogens is 3. The average molecular weight is 633 g/mol. The standard InChI is InChI=1S/C30H35F3N6O4S/c1-7-20-10-21(8-9-25(20)43-19(4)16-36-14-17(2)37(28(41)42)18(3)15-36)39-27(44)38(26(40)29(39,5)6)22-11-23(30(31,32)33)24(12-34)35-13-22/h8-11,13,17-19H,7,14-16H2,1-6H3,(H,41,42)/t17-,18+,19-/m1/s1. The minimum atomic E-state index is -4.85. The molecule has 0 aliphatic carbocycles. The number of nitriles is 1. The number of alkyl halides is 3. The number of carbonyl (C=O) groups excluding carboxylic acids is 1. The van der Waals surface area contributed by atoms with E-state index in [0.717, 1.165) is 16.7 Å². The molecule has 0 radical (unpaired) electrons. The Morgan fingerprint density at radius 2 is 1.86 bits per heavy atom. The van der Waals surface area contributed by atoms with Crippen molar-refractivity contribution in [1.29, 1.82) is 5.26 Å². The molecule has 3 heterocycles. The van der Waals surface area contributed by atoms with Crippen LogP contribution in [0.2, 0.25) is 0 Å². The maximum atomic E-state index is 13.6. The fourth-order valence-corrected chi connectivity index (χ4v) is 6.53. The summed E-state index contributed by atoms with van der Waals surface area (Å²) in [6.07, 6.45) is -4.35. The van der Waals surface area contributed by atoms with E-state index < -0.39 is 35.0 Å². The Labute approximate surface area is 259 Å². The molecule has 2 fully saturated rings. The molecule has 14 heteroatoms. The lowest BCUT2D eigenvalue weighted by atomic mass is 10.0. The Balaban J connectivity index is 1.56. The summed E-state index contributed by atoms with van der Waals surface area (Å²) < 4.78 is 47.2. The van der Waals surface area contributed by atoms with Gasteiger partial charge in [0, 0.05) is 37.4 Å². The number of pyridine rings is 1. The molecule has 1 N–H and O–H groups in total. The Kier molecular flexibility index (Phi) is 9.14. The number of piperazine rings is 1. The highest BCUT2D eigenvalue weighted by Crippen LogP contribution is 2.40. The lowest BCUT2D eigenvalue weighted by molar-refractivity contribution is -0.138. The minimum absolute atomic E-state index is 0.0209. The van der Waals surface area contributed by atoms with Crippen molar-refractivity contribution in [2.75, 3.05) is 29.4 Å². The maximum Gasteiger partial charge on any atom is 0.419 e. The Morgan fingerprint density at radius 1 is 1.23 bits per heavy atom. The van der Waals surface area contributed by atoms with Gasteiger partial charge in [0.2, 0.25) is 0 Å². The van der Waals surface area contributed by atoms with Gasteiger partial charge in [-0.15, -0.1) is 0 Å². The summed E-state index contributed by atoms with van der Waals surface area (Å²) in [6.45, 7) is 12.7. The number of nitrogens with zero attached hydrogens (tertiary/aromatic N) is 6. The smallest absolute Gasteiger partial charge is 0.419 e. The lowest BCUT2D eigenvalue weighted by Crippen LogP contribution is -2.59. The fraction of sp³-hybridized carbons (Fsp3) is 0.500. The van der Waals surface area contributed by atoms with Crippen LogP contribution in [-0.2, 0) is 17.4 Å². The van der Waals surface area contributed by atoms with Crippen LogP contribution in [0.25, 0.3) is 0 Å². The first-order valence-electron chi connectivity index (χ1n) is 14.2. The van der Waals surface area contributed by atoms with Gasteiger partial charge in [-0.3, -0.25) is 14.6 Å². The van der Waals surface area contributed by atoms with E-state index in [2.05, 4.69) is 9.88 Å². The van der Waals surface area contributed by atoms with Crippen LogP contribution in [0.3, 0.4) is 0 Å². The number of anilines is 2. The number of carboxylic acid groups (broad SMARTS) is 1. The van der Waals surface area contributed by atoms with Gasteiger partial charge in [0.1, 0.15) is 23.5 Å². The van der Waals surface area contributed by atoms with Gasteiger partial charge < -0.3 is 19.6 Å². The fourth-order valence-electron chi connectivity index (χ4n) is 6.01. The second-order valence-electron chi connectivity index (χ2n) is 11.7. The number of carbonyl (C=O) groups is 2. The quantitative estimate of drug-likeness (QED) is 0.407. The van der Waals surface area contributed by atoms with E-state index in [1.807, 2.05) is 33.8 Å². The van der Waals surface area contributed by atoms with Crippen LogP contribution in [0.1, 0.15) is 58.4 Å². The predicted octanol–water partition coefficient (Wildman–Crippen LogP) is 5.29. The van der Waals surface area contributed by atoms with Gasteiger partial charge in [-0.25, -0.2) is 9.78 Å². The summed E-state index contributed by atoms with van der Waals surface area (Å²) in [4.78, 5) is 35.0. The highest BCUT2D eigenvalue weighted by atomic mass is 32.1. The second kappa shape index (κ2) is 12.2. The number of benzene rings is 1. The predicted molar refractivity (Wildman–Crippen MR) is 162 cm³/mol. The molecular weight excluding hydrogens is 597 g/mol. The van der Waals surface area contributed by atoms with Crippen molar-refractivity contribution in [3.8, 4) is 11.8 Å². The van der Waals surface area contributed by atoms with E-state index in [0.29, 0.717) is 43.6 Å². The van der Waals surface area contributed by atoms with Gasteiger partial charge in [0.05, 0.1) is 17.4 Å². The third-order valence-corrected chi connectivity index (χ3v) is 8.32. The van der Waals surface area contributed by atoms with Gasteiger partial charge >= 0.3 is 12.3 Å². The van der Waals surface area contributed by atoms with Crippen molar-refractivity contribution < 1.29 is 32.6 Å². The van der Waals surface area contributed by atoms with Crippen LogP contribution in [0.5, 0.6) is 5.75 Å². The van der Waals surface area contributed by atoms with Crippen molar-refractivity contribution >= 4 is 40.7 Å². The van der Waals surface area contributed by atoms with Crippen molar-refractivity contribution in [3.63, 3.8) is 0 Å². The van der Waals surface area contributed by atoms with E-state index in [1.165, 1.54) is 11.0 Å². The minimum Gasteiger partial charge on any atom is -0.489 e. The Hall–Kier alpha value is -3.96. The molecule has 3 atom stereocenters. The molecule has 44 heavy (non-hydrogen) atoms. The molecule has 2 amide bonds. The first-order chi connectivity index (χ1) is 20.5. The second-order valence-corrected chi connectivity index (χ2v) is 12.1. The highest BCUT2D eigenvalue weighted by Gasteiger charge is 2.51. The number of hydrogen-bond acceptors (Lipinski definition) is 7. The largest absolute Gasteiger partial charge is 0.489 e. The number of aryl methyl sites for hydroxylation is 1. The van der Waals surface area contributed by atoms with E-state index >= 15 is 0 Å². The van der Waals surface area contributed by atoms with Gasteiger partial charge in [0.25, 0.3) is 5.91 Å². The van der Waals surface area contributed by atoms with Crippen LogP contribution in [0.4, 0.5) is 29.3 Å². The van der Waals surface area contributed by atoms with Crippen LogP contribution in [0.15, 0.2) is 30.5 Å². The topological polar surface area (TPSA) is 113 Å². The lowest BCUT2D eigenvalue weighted by Gasteiger charge is -2.43. The summed E-state index contributed by atoms with van der Waals surface area (Å²) in [6, 6.07) is 7.24. The maximum absolute atomic E-state index is 13.6. The Bertz CT molecular complexity index is 1500. The molecule has 2 aromatic rings. The van der Waals surface area contributed by atoms with E-state index in [9.17, 15) is 27.9 Å². The molecule has 0 saturated carbocycles. The van der Waals surface area contributed by atoms with Crippen molar-refractivity contribution in [2.24, 2.45) is 0 Å². The van der Waals surface area contributed by atoms with Crippen LogP contribution < -0.4 is 14.5 Å². The number of hydrogen-bond donors (Lipinski definition) is 1. The third kappa shape index (κ3) is 6.16. The molecule has 4 rings (SSSR count). The summed E-state index contributed by atoms with van der Waals surface area (Å²) in [7, 11) is 0. The normalized spacial score (nSPS) is 21.4. The molecular formula is C30H35F3N6O4S. The van der Waals surface area contributed by atoms with Gasteiger partial charge in [-0.1, -0.05) is 6.92 Å². The van der Waals surface area contributed by atoms with Gasteiger partial charge in [-0.2, -0.15) is 18.4 Å². The summed E-state index contributed by atoms with van der Waals surface area (Å²) in [5.74, 6) is 0.104. The number of ether oxygens (including phenoxy) is 1. The molecule has 1 aromatic heterocycles. The number of amides is 2. The van der Waals surface area contributed by atoms with Crippen LogP contribution in [-0.4, -0.2) is 80.4 Å². The zero-order valence-corrected chi connectivity index (χ0v) is 26.2. The first-order valence-corrected chi connectivity index (χ1v) is 14.6. The molecule has 0 unspecified atom stereocenters. The monoisotopic (exact) mass is 632 g/mol. The molecule has 2 saturated heterocycles. The molecule has 0 bridgehead atoms. The molecule has 10 nitrogen and oxygen atoms in total. The van der Waals surface area contributed by atoms with Crippen molar-refractivity contribution in [1.82, 2.24) is 14.8 Å². The van der Waals surface area contributed by atoms with Crippen LogP contribution in [0, 0.1) is 11.3 Å². The molecule has 2 aliphatic heterocycles. The van der Waals surface area contributed by atoms with E-state index in [-0.39, 0.29) is 29.0 Å². The molecule has 2 aliphatic rings. The van der Waals surface area contributed by atoms with E-state index in [1.54, 1.807) is 30.9 Å². The van der Waals surface area contributed by atoms with Crippen molar-refractivity contribution in [3.05, 3.63) is 47.3 Å². The van der Waals surface area contributed by atoms with Gasteiger partial charge in [0.15, 0.2) is 10.8 Å². The van der Waals surface area contributed by atoms with Gasteiger partial charge in [-0.05, 0) is 83.1 Å². The summed E-state index contributed by atoms with van der Waals surface area (Å²) in [5, 5.41) is 18.6.